The fraction of sp³-hybridized carbons (Fsp3) is 0.450. The molecule has 1 aliphatic heterocycles. The number of piperidine rings is 1. The molecule has 0 saturated carbocycles. The van der Waals surface area contributed by atoms with Gasteiger partial charge in [0.15, 0.2) is 0 Å². The highest BCUT2D eigenvalue weighted by molar-refractivity contribution is 5.74. The van der Waals surface area contributed by atoms with Crippen LogP contribution in [-0.4, -0.2) is 53.1 Å². The smallest absolute Gasteiger partial charge is 0.416 e. The number of benzene rings is 1. The summed E-state index contributed by atoms with van der Waals surface area (Å²) < 4.78 is 44.3. The van der Waals surface area contributed by atoms with Gasteiger partial charge in [0.25, 0.3) is 6.47 Å². The van der Waals surface area contributed by atoms with Crippen molar-refractivity contribution in [3.8, 4) is 17.0 Å². The molecule has 11 heteroatoms. The Labute approximate surface area is 177 Å². The van der Waals surface area contributed by atoms with E-state index in [-0.39, 0.29) is 30.2 Å². The van der Waals surface area contributed by atoms with Crippen LogP contribution in [0.15, 0.2) is 18.2 Å². The van der Waals surface area contributed by atoms with Crippen molar-refractivity contribution in [1.29, 1.82) is 0 Å². The third kappa shape index (κ3) is 6.53. The van der Waals surface area contributed by atoms with Crippen molar-refractivity contribution in [3.63, 3.8) is 0 Å². The second kappa shape index (κ2) is 10.9. The first-order valence-corrected chi connectivity index (χ1v) is 9.53. The molecule has 1 aliphatic rings. The number of methoxy groups -OCH3 is 1. The molecule has 0 radical (unpaired) electrons. The maximum Gasteiger partial charge on any atom is 0.416 e. The molecule has 1 fully saturated rings. The van der Waals surface area contributed by atoms with Crippen LogP contribution < -0.4 is 10.6 Å². The van der Waals surface area contributed by atoms with Gasteiger partial charge in [0.1, 0.15) is 17.3 Å². The largest absolute Gasteiger partial charge is 0.507 e. The number of carboxylic acid groups (broad SMARTS) is 1. The highest BCUT2D eigenvalue weighted by Gasteiger charge is 2.33. The Kier molecular flexibility index (Phi) is 8.57. The summed E-state index contributed by atoms with van der Waals surface area (Å²) in [4.78, 5) is 8.36. The van der Waals surface area contributed by atoms with Crippen molar-refractivity contribution in [2.75, 3.05) is 25.5 Å². The average molecular weight is 442 g/mol. The standard InChI is InChI=1S/C19H23F3N4O2.CH2O2/c1-11-6-16(24-14-4-3-5-23-9-14)25-26-18(11)17-12(10-28-2)7-13(8-15(17)27)19(20,21)22;2-1-3/h6-8,14,23,27H,3-5,9-10H2,1-2H3,(H,24,25);1H,(H,2,3). The summed E-state index contributed by atoms with van der Waals surface area (Å²) >= 11 is 0. The number of ether oxygens (including phenoxy) is 1. The minimum absolute atomic E-state index is 0.0956. The lowest BCUT2D eigenvalue weighted by molar-refractivity contribution is -0.137. The van der Waals surface area contributed by atoms with E-state index in [1.807, 2.05) is 0 Å². The van der Waals surface area contributed by atoms with E-state index in [1.165, 1.54) is 7.11 Å². The predicted molar refractivity (Wildman–Crippen MR) is 108 cm³/mol. The van der Waals surface area contributed by atoms with Crippen LogP contribution in [0.2, 0.25) is 0 Å². The molecule has 3 rings (SSSR count). The van der Waals surface area contributed by atoms with Crippen molar-refractivity contribution >= 4 is 12.3 Å². The molecule has 2 aromatic rings. The minimum atomic E-state index is -4.57. The number of hydrogen-bond donors (Lipinski definition) is 4. The van der Waals surface area contributed by atoms with Gasteiger partial charge in [-0.3, -0.25) is 4.79 Å². The van der Waals surface area contributed by atoms with Crippen LogP contribution in [0.1, 0.15) is 29.5 Å². The number of nitrogens with one attached hydrogen (secondary N) is 2. The zero-order valence-electron chi connectivity index (χ0n) is 17.2. The first kappa shape index (κ1) is 24.4. The van der Waals surface area contributed by atoms with Gasteiger partial charge in [-0.05, 0) is 55.6 Å². The third-order valence-electron chi connectivity index (χ3n) is 4.70. The Morgan fingerprint density at radius 2 is 2.03 bits per heavy atom. The summed E-state index contributed by atoms with van der Waals surface area (Å²) in [5.41, 5.74) is 0.476. The number of aryl methyl sites for hydroxylation is 1. The first-order valence-electron chi connectivity index (χ1n) is 9.53. The van der Waals surface area contributed by atoms with Crippen molar-refractivity contribution in [2.24, 2.45) is 0 Å². The van der Waals surface area contributed by atoms with Crippen molar-refractivity contribution in [1.82, 2.24) is 15.5 Å². The highest BCUT2D eigenvalue weighted by atomic mass is 19.4. The molecule has 1 aromatic carbocycles. The van der Waals surface area contributed by atoms with Gasteiger partial charge in [-0.15, -0.1) is 10.2 Å². The molecule has 1 unspecified atom stereocenters. The quantitative estimate of drug-likeness (QED) is 0.522. The fourth-order valence-corrected chi connectivity index (χ4v) is 3.38. The van der Waals surface area contributed by atoms with Crippen LogP contribution >= 0.6 is 0 Å². The van der Waals surface area contributed by atoms with Crippen LogP contribution in [0.25, 0.3) is 11.3 Å². The van der Waals surface area contributed by atoms with Crippen LogP contribution in [0.3, 0.4) is 0 Å². The number of rotatable bonds is 5. The van der Waals surface area contributed by atoms with Crippen molar-refractivity contribution in [2.45, 2.75) is 38.6 Å². The van der Waals surface area contributed by atoms with Gasteiger partial charge >= 0.3 is 6.18 Å². The molecule has 170 valence electrons. The molecule has 31 heavy (non-hydrogen) atoms. The Hall–Kier alpha value is -2.92. The van der Waals surface area contributed by atoms with Gasteiger partial charge in [-0.1, -0.05) is 0 Å². The van der Waals surface area contributed by atoms with Gasteiger partial charge in [0, 0.05) is 25.3 Å². The summed E-state index contributed by atoms with van der Waals surface area (Å²) in [6.45, 7) is 3.27. The number of aromatic hydroxyl groups is 1. The lowest BCUT2D eigenvalue weighted by Gasteiger charge is -2.24. The lowest BCUT2D eigenvalue weighted by Crippen LogP contribution is -2.38. The monoisotopic (exact) mass is 442 g/mol. The summed E-state index contributed by atoms with van der Waals surface area (Å²) in [7, 11) is 1.38. The molecular weight excluding hydrogens is 417 g/mol. The maximum atomic E-state index is 13.1. The highest BCUT2D eigenvalue weighted by Crippen LogP contribution is 2.40. The molecule has 0 bridgehead atoms. The molecule has 8 nitrogen and oxygen atoms in total. The van der Waals surface area contributed by atoms with E-state index in [0.717, 1.165) is 32.0 Å². The van der Waals surface area contributed by atoms with Crippen LogP contribution in [0.5, 0.6) is 5.75 Å². The molecule has 0 amide bonds. The number of phenols is 1. The van der Waals surface area contributed by atoms with Crippen LogP contribution in [-0.2, 0) is 22.3 Å². The molecule has 1 aromatic heterocycles. The van der Waals surface area contributed by atoms with Gasteiger partial charge in [0.05, 0.1) is 12.2 Å². The van der Waals surface area contributed by atoms with Crippen LogP contribution in [0, 0.1) is 6.92 Å². The predicted octanol–water partition coefficient (Wildman–Crippen LogP) is 3.19. The number of anilines is 1. The summed E-state index contributed by atoms with van der Waals surface area (Å²) in [6, 6.07) is 3.71. The fourth-order valence-electron chi connectivity index (χ4n) is 3.38. The van der Waals surface area contributed by atoms with Gasteiger partial charge in [-0.25, -0.2) is 0 Å². The Morgan fingerprint density at radius 3 is 2.58 bits per heavy atom. The molecule has 1 atom stereocenters. The summed E-state index contributed by atoms with van der Waals surface area (Å²) in [5.74, 6) is 0.0890. The van der Waals surface area contributed by atoms with Gasteiger partial charge < -0.3 is 25.6 Å². The van der Waals surface area contributed by atoms with E-state index in [1.54, 1.807) is 13.0 Å². The van der Waals surface area contributed by atoms with Crippen LogP contribution in [0.4, 0.5) is 19.0 Å². The van der Waals surface area contributed by atoms with E-state index in [9.17, 15) is 18.3 Å². The van der Waals surface area contributed by atoms with E-state index in [4.69, 9.17) is 14.6 Å². The third-order valence-corrected chi connectivity index (χ3v) is 4.70. The van der Waals surface area contributed by atoms with E-state index < -0.39 is 17.5 Å². The Bertz CT molecular complexity index is 887. The summed E-state index contributed by atoms with van der Waals surface area (Å²) in [5, 5.41) is 32.2. The van der Waals surface area contributed by atoms with Crippen molar-refractivity contribution < 1.29 is 32.9 Å². The average Bonchev–Trinajstić information content (AvgIpc) is 2.70. The zero-order chi connectivity index (χ0) is 23.0. The summed E-state index contributed by atoms with van der Waals surface area (Å²) in [6.07, 6.45) is -2.48. The SMILES string of the molecule is COCc1cc(C(F)(F)F)cc(O)c1-c1nnc(NC2CCCNC2)cc1C.O=CO. The maximum absolute atomic E-state index is 13.1. The number of nitrogens with zero attached hydrogens (tertiary/aromatic N) is 2. The number of hydrogen-bond acceptors (Lipinski definition) is 7. The second-order valence-electron chi connectivity index (χ2n) is 7.01. The van der Waals surface area contributed by atoms with E-state index in [0.29, 0.717) is 23.1 Å². The lowest BCUT2D eigenvalue weighted by atomic mass is 9.97. The second-order valence-corrected chi connectivity index (χ2v) is 7.01. The molecule has 1 saturated heterocycles. The number of aromatic nitrogens is 2. The number of phenolic OH excluding ortho intramolecular Hbond substituents is 1. The minimum Gasteiger partial charge on any atom is -0.507 e. The normalized spacial score (nSPS) is 16.2. The van der Waals surface area contributed by atoms with Crippen molar-refractivity contribution in [3.05, 3.63) is 34.9 Å². The topological polar surface area (TPSA) is 117 Å². The molecule has 0 aliphatic carbocycles. The first-order chi connectivity index (χ1) is 14.7. The number of halogens is 3. The van der Waals surface area contributed by atoms with E-state index >= 15 is 0 Å². The van der Waals surface area contributed by atoms with Gasteiger partial charge in [0.2, 0.25) is 0 Å². The van der Waals surface area contributed by atoms with Gasteiger partial charge in [-0.2, -0.15) is 13.2 Å². The Balaban J connectivity index is 0.00000107. The molecular formula is C20H25F3N4O4. The molecule has 2 heterocycles. The van der Waals surface area contributed by atoms with E-state index in [2.05, 4.69) is 20.8 Å². The number of carbonyl (C=O) groups is 1. The number of alkyl halides is 3. The zero-order valence-corrected chi connectivity index (χ0v) is 17.2. The molecule has 0 spiro atoms. The Morgan fingerprint density at radius 1 is 1.32 bits per heavy atom. The molecule has 4 N–H and O–H groups in total.